The quantitative estimate of drug-likeness (QED) is 0.640. The Morgan fingerprint density at radius 2 is 1.92 bits per heavy atom. The minimum Gasteiger partial charge on any atom is -0.341 e. The minimum absolute atomic E-state index is 0.0262. The molecule has 1 saturated heterocycles. The predicted octanol–water partition coefficient (Wildman–Crippen LogP) is 1.08. The monoisotopic (exact) mass is 364 g/mol. The van der Waals surface area contributed by atoms with Gasteiger partial charge in [-0.2, -0.15) is 0 Å². The molecule has 132 valence electrons. The zero-order valence-corrected chi connectivity index (χ0v) is 13.5. The van der Waals surface area contributed by atoms with E-state index in [0.717, 1.165) is 11.0 Å². The van der Waals surface area contributed by atoms with E-state index in [1.54, 1.807) is 0 Å². The molecule has 2 rings (SSSR count). The molecule has 10 heteroatoms. The van der Waals surface area contributed by atoms with Crippen LogP contribution in [-0.4, -0.2) is 49.7 Å². The van der Waals surface area contributed by atoms with Crippen LogP contribution in [-0.2, 0) is 19.4 Å². The standard InChI is InChI=1S/C14H15F3N2O4S/c1-19(8-4-5-24(22,23)7-8)12(21)6-11(20)18-10-3-2-9(15)13(16)14(10)17/h2-3,8H,4-7H2,1H3,(H,18,20). The maximum Gasteiger partial charge on any atom is 0.233 e. The Balaban J connectivity index is 1.97. The molecule has 0 saturated carbocycles. The first-order valence-electron chi connectivity index (χ1n) is 7.00. The van der Waals surface area contributed by atoms with E-state index in [9.17, 15) is 31.2 Å². The van der Waals surface area contributed by atoms with Crippen LogP contribution in [0.25, 0.3) is 0 Å². The Bertz CT molecular complexity index is 782. The largest absolute Gasteiger partial charge is 0.341 e. The lowest BCUT2D eigenvalue weighted by atomic mass is 10.2. The van der Waals surface area contributed by atoms with Crippen molar-refractivity contribution in [2.75, 3.05) is 23.9 Å². The average molecular weight is 364 g/mol. The van der Waals surface area contributed by atoms with Crippen molar-refractivity contribution in [1.82, 2.24) is 4.90 Å². The van der Waals surface area contributed by atoms with E-state index >= 15 is 0 Å². The summed E-state index contributed by atoms with van der Waals surface area (Å²) in [4.78, 5) is 24.9. The van der Waals surface area contributed by atoms with Gasteiger partial charge in [-0.25, -0.2) is 21.6 Å². The molecule has 0 aliphatic carbocycles. The molecule has 0 spiro atoms. The molecule has 1 N–H and O–H groups in total. The molecule has 6 nitrogen and oxygen atoms in total. The summed E-state index contributed by atoms with van der Waals surface area (Å²) in [5.74, 6) is -6.46. The van der Waals surface area contributed by atoms with Crippen molar-refractivity contribution in [3.63, 3.8) is 0 Å². The SMILES string of the molecule is CN(C(=O)CC(=O)Nc1ccc(F)c(F)c1F)C1CCS(=O)(=O)C1. The Kier molecular flexibility index (Phi) is 5.16. The van der Waals surface area contributed by atoms with Crippen molar-refractivity contribution in [1.29, 1.82) is 0 Å². The third-order valence-electron chi connectivity index (χ3n) is 3.77. The van der Waals surface area contributed by atoms with E-state index < -0.39 is 57.3 Å². The number of carbonyl (C=O) groups is 2. The molecular formula is C14H15F3N2O4S. The number of halogens is 3. The second-order valence-electron chi connectivity index (χ2n) is 5.51. The first kappa shape index (κ1) is 18.2. The zero-order chi connectivity index (χ0) is 18.1. The van der Waals surface area contributed by atoms with E-state index in [4.69, 9.17) is 0 Å². The molecule has 1 fully saturated rings. The van der Waals surface area contributed by atoms with Crippen molar-refractivity contribution >= 4 is 27.3 Å². The predicted molar refractivity (Wildman–Crippen MR) is 79.4 cm³/mol. The van der Waals surface area contributed by atoms with Gasteiger partial charge in [-0.3, -0.25) is 9.59 Å². The Morgan fingerprint density at radius 1 is 1.25 bits per heavy atom. The smallest absolute Gasteiger partial charge is 0.233 e. The zero-order valence-electron chi connectivity index (χ0n) is 12.7. The van der Waals surface area contributed by atoms with Crippen LogP contribution >= 0.6 is 0 Å². The average Bonchev–Trinajstić information content (AvgIpc) is 2.87. The van der Waals surface area contributed by atoms with Gasteiger partial charge in [0.1, 0.15) is 6.42 Å². The molecule has 24 heavy (non-hydrogen) atoms. The van der Waals surface area contributed by atoms with Crippen molar-refractivity contribution < 1.29 is 31.2 Å². The van der Waals surface area contributed by atoms with Crippen LogP contribution in [0.3, 0.4) is 0 Å². The summed E-state index contributed by atoms with van der Waals surface area (Å²) in [6, 6.07) is 0.963. The van der Waals surface area contributed by atoms with Crippen molar-refractivity contribution in [2.24, 2.45) is 0 Å². The number of nitrogens with zero attached hydrogens (tertiary/aromatic N) is 1. The number of carbonyl (C=O) groups excluding carboxylic acids is 2. The van der Waals surface area contributed by atoms with Crippen LogP contribution in [0.1, 0.15) is 12.8 Å². The topological polar surface area (TPSA) is 83.6 Å². The summed E-state index contributed by atoms with van der Waals surface area (Å²) in [5.41, 5.74) is -0.585. The van der Waals surface area contributed by atoms with E-state index in [0.29, 0.717) is 6.07 Å². The third-order valence-corrected chi connectivity index (χ3v) is 5.52. The highest BCUT2D eigenvalue weighted by Crippen LogP contribution is 2.20. The highest BCUT2D eigenvalue weighted by molar-refractivity contribution is 7.91. The van der Waals surface area contributed by atoms with Gasteiger partial charge in [0.2, 0.25) is 11.8 Å². The van der Waals surface area contributed by atoms with E-state index in [1.807, 2.05) is 5.32 Å². The molecule has 0 bridgehead atoms. The number of nitrogens with one attached hydrogen (secondary N) is 1. The minimum atomic E-state index is -3.19. The number of rotatable bonds is 4. The van der Waals surface area contributed by atoms with E-state index in [1.165, 1.54) is 7.05 Å². The van der Waals surface area contributed by atoms with E-state index in [-0.39, 0.29) is 17.9 Å². The molecule has 0 aromatic heterocycles. The van der Waals surface area contributed by atoms with Gasteiger partial charge in [-0.15, -0.1) is 0 Å². The number of hydrogen-bond donors (Lipinski definition) is 1. The molecule has 1 atom stereocenters. The Hall–Kier alpha value is -2.10. The van der Waals surface area contributed by atoms with Gasteiger partial charge in [0.25, 0.3) is 0 Å². The summed E-state index contributed by atoms with van der Waals surface area (Å²) in [7, 11) is -1.81. The molecule has 1 aromatic carbocycles. The van der Waals surface area contributed by atoms with Crippen molar-refractivity contribution in [3.8, 4) is 0 Å². The summed E-state index contributed by atoms with van der Waals surface area (Å²) in [5, 5.41) is 1.98. The van der Waals surface area contributed by atoms with Gasteiger partial charge in [-0.1, -0.05) is 0 Å². The molecule has 1 unspecified atom stereocenters. The second kappa shape index (κ2) is 6.80. The fourth-order valence-electron chi connectivity index (χ4n) is 2.36. The molecular weight excluding hydrogens is 349 g/mol. The number of anilines is 1. The van der Waals surface area contributed by atoms with Crippen LogP contribution in [0.4, 0.5) is 18.9 Å². The summed E-state index contributed by atoms with van der Waals surface area (Å²) in [6.45, 7) is 0. The lowest BCUT2D eigenvalue weighted by Crippen LogP contribution is -2.39. The van der Waals surface area contributed by atoms with Gasteiger partial charge in [-0.05, 0) is 18.6 Å². The Morgan fingerprint density at radius 3 is 2.50 bits per heavy atom. The van der Waals surface area contributed by atoms with Crippen molar-refractivity contribution in [2.45, 2.75) is 18.9 Å². The lowest BCUT2D eigenvalue weighted by molar-refractivity contribution is -0.134. The number of sulfone groups is 1. The highest BCUT2D eigenvalue weighted by atomic mass is 32.2. The van der Waals surface area contributed by atoms with Crippen LogP contribution < -0.4 is 5.32 Å². The van der Waals surface area contributed by atoms with Crippen molar-refractivity contribution in [3.05, 3.63) is 29.6 Å². The second-order valence-corrected chi connectivity index (χ2v) is 7.74. The van der Waals surface area contributed by atoms with Gasteiger partial charge in [0, 0.05) is 13.1 Å². The van der Waals surface area contributed by atoms with Crippen LogP contribution in [0, 0.1) is 17.5 Å². The molecule has 2 amide bonds. The normalized spacial score (nSPS) is 19.1. The van der Waals surface area contributed by atoms with Crippen LogP contribution in [0.5, 0.6) is 0 Å². The van der Waals surface area contributed by atoms with Gasteiger partial charge < -0.3 is 10.2 Å². The lowest BCUT2D eigenvalue weighted by Gasteiger charge is -2.23. The number of hydrogen-bond acceptors (Lipinski definition) is 4. The number of benzene rings is 1. The molecule has 1 aliphatic heterocycles. The van der Waals surface area contributed by atoms with Gasteiger partial charge in [0.05, 0.1) is 17.2 Å². The van der Waals surface area contributed by atoms with Crippen LogP contribution in [0.15, 0.2) is 12.1 Å². The first-order valence-corrected chi connectivity index (χ1v) is 8.82. The Labute approximate surface area is 136 Å². The molecule has 1 aliphatic rings. The molecule has 1 heterocycles. The first-order chi connectivity index (χ1) is 11.1. The maximum absolute atomic E-state index is 13.5. The molecule has 0 radical (unpaired) electrons. The summed E-state index contributed by atoms with van der Waals surface area (Å²) in [6.07, 6.45) is -0.393. The van der Waals surface area contributed by atoms with E-state index in [2.05, 4.69) is 0 Å². The highest BCUT2D eigenvalue weighted by Gasteiger charge is 2.33. The summed E-state index contributed by atoms with van der Waals surface area (Å²) < 4.78 is 62.2. The van der Waals surface area contributed by atoms with Gasteiger partial charge >= 0.3 is 0 Å². The van der Waals surface area contributed by atoms with Gasteiger partial charge in [0.15, 0.2) is 27.3 Å². The maximum atomic E-state index is 13.5. The summed E-state index contributed by atoms with van der Waals surface area (Å²) >= 11 is 0. The third kappa shape index (κ3) is 4.05. The fourth-order valence-corrected chi connectivity index (χ4v) is 4.14. The number of amides is 2. The van der Waals surface area contributed by atoms with Crippen LogP contribution in [0.2, 0.25) is 0 Å². The fraction of sp³-hybridized carbons (Fsp3) is 0.429. The molecule has 1 aromatic rings.